The number of likely N-dealkylation sites (tertiary alicyclic amines) is 1. The van der Waals surface area contributed by atoms with Crippen LogP contribution in [0.2, 0.25) is 0 Å². The van der Waals surface area contributed by atoms with Crippen LogP contribution >= 0.6 is 24.0 Å². The molecule has 1 aliphatic heterocycles. The Morgan fingerprint density at radius 3 is 2.28 bits per heavy atom. The van der Waals surface area contributed by atoms with Gasteiger partial charge in [0.2, 0.25) is 0 Å². The molecule has 8 nitrogen and oxygen atoms in total. The molecule has 1 amide bonds. The van der Waals surface area contributed by atoms with Crippen molar-refractivity contribution in [2.24, 2.45) is 4.99 Å². The topological polar surface area (TPSA) is 100 Å². The zero-order valence-electron chi connectivity index (χ0n) is 15.7. The number of rotatable bonds is 4. The molecule has 0 aromatic rings. The van der Waals surface area contributed by atoms with E-state index in [0.717, 1.165) is 12.8 Å². The number of hydrogen-bond acceptors (Lipinski definition) is 5. The summed E-state index contributed by atoms with van der Waals surface area (Å²) < 4.78 is 28.1. The Balaban J connectivity index is 0.00000576. The minimum absolute atomic E-state index is 0. The lowest BCUT2D eigenvalue weighted by atomic mass is 10.1. The van der Waals surface area contributed by atoms with Crippen molar-refractivity contribution >= 4 is 45.9 Å². The summed E-state index contributed by atoms with van der Waals surface area (Å²) in [5.74, 6) is 0.633. The van der Waals surface area contributed by atoms with Gasteiger partial charge in [-0.2, -0.15) is 0 Å². The van der Waals surface area contributed by atoms with E-state index in [0.29, 0.717) is 25.6 Å². The van der Waals surface area contributed by atoms with Crippen molar-refractivity contribution in [2.45, 2.75) is 44.4 Å². The fourth-order valence-corrected chi connectivity index (χ4v) is 3.32. The third-order valence-electron chi connectivity index (χ3n) is 4.09. The van der Waals surface area contributed by atoms with Gasteiger partial charge in [-0.05, 0) is 33.6 Å². The summed E-state index contributed by atoms with van der Waals surface area (Å²) in [5.41, 5.74) is 0. The molecule has 1 fully saturated rings. The van der Waals surface area contributed by atoms with Crippen molar-refractivity contribution in [3.63, 3.8) is 0 Å². The molecule has 1 aliphatic rings. The molecule has 1 heterocycles. The van der Waals surface area contributed by atoms with Crippen LogP contribution in [0.5, 0.6) is 0 Å². The molecule has 0 aromatic heterocycles. The molecule has 0 atom stereocenters. The van der Waals surface area contributed by atoms with E-state index in [2.05, 4.69) is 15.6 Å². The molecule has 148 valence electrons. The van der Waals surface area contributed by atoms with E-state index in [9.17, 15) is 13.2 Å². The second kappa shape index (κ2) is 10.4. The van der Waals surface area contributed by atoms with Gasteiger partial charge in [0.15, 0.2) is 15.8 Å². The van der Waals surface area contributed by atoms with Crippen LogP contribution in [0, 0.1) is 0 Å². The second-order valence-corrected chi connectivity index (χ2v) is 9.67. The molecule has 0 aliphatic carbocycles. The molecule has 0 radical (unpaired) electrons. The Hall–Kier alpha value is -0.780. The smallest absolute Gasteiger partial charge is 0.409 e. The van der Waals surface area contributed by atoms with Crippen LogP contribution in [-0.2, 0) is 14.6 Å². The Morgan fingerprint density at radius 1 is 1.28 bits per heavy atom. The zero-order valence-corrected chi connectivity index (χ0v) is 18.8. The lowest BCUT2D eigenvalue weighted by Gasteiger charge is -2.32. The lowest BCUT2D eigenvalue weighted by Crippen LogP contribution is -2.50. The predicted molar refractivity (Wildman–Crippen MR) is 110 cm³/mol. The molecule has 1 rings (SSSR count). The van der Waals surface area contributed by atoms with Gasteiger partial charge in [0.05, 0.1) is 17.6 Å². The summed E-state index contributed by atoms with van der Waals surface area (Å²) in [6.45, 7) is 6.65. The molecule has 2 N–H and O–H groups in total. The molecule has 0 unspecified atom stereocenters. The molecule has 25 heavy (non-hydrogen) atoms. The number of ether oxygens (including phenoxy) is 1. The number of carbonyl (C=O) groups is 1. The summed E-state index contributed by atoms with van der Waals surface area (Å²) in [6.07, 6.45) is 1.27. The quantitative estimate of drug-likeness (QED) is 0.349. The summed E-state index contributed by atoms with van der Waals surface area (Å²) in [4.78, 5) is 17.3. The standard InChI is InChI=1S/C15H30N4O4S.HI/c1-15(2,3)24(21,22)11-8-17-13(16-4)18-12-6-9-19(10-7-12)14(20)23-5;/h12H,6-11H2,1-5H3,(H2,16,17,18);1H. The van der Waals surface area contributed by atoms with Gasteiger partial charge in [-0.25, -0.2) is 13.2 Å². The van der Waals surface area contributed by atoms with Crippen molar-refractivity contribution in [3.8, 4) is 0 Å². The van der Waals surface area contributed by atoms with Crippen LogP contribution in [0.25, 0.3) is 0 Å². The van der Waals surface area contributed by atoms with Crippen LogP contribution in [0.4, 0.5) is 4.79 Å². The fraction of sp³-hybridized carbons (Fsp3) is 0.867. The van der Waals surface area contributed by atoms with E-state index in [1.807, 2.05) is 0 Å². The molecule has 0 saturated carbocycles. The minimum atomic E-state index is -3.16. The number of hydrogen-bond donors (Lipinski definition) is 2. The van der Waals surface area contributed by atoms with E-state index in [1.165, 1.54) is 7.11 Å². The minimum Gasteiger partial charge on any atom is -0.453 e. The monoisotopic (exact) mass is 490 g/mol. The van der Waals surface area contributed by atoms with Gasteiger partial charge in [-0.1, -0.05) is 0 Å². The Bertz CT molecular complexity index is 552. The highest BCUT2D eigenvalue weighted by Gasteiger charge is 2.28. The van der Waals surface area contributed by atoms with Crippen LogP contribution in [0.15, 0.2) is 4.99 Å². The van der Waals surface area contributed by atoms with E-state index in [4.69, 9.17) is 4.74 Å². The molecular formula is C15H31IN4O4S. The molecule has 0 bridgehead atoms. The summed E-state index contributed by atoms with van der Waals surface area (Å²) in [7, 11) is -0.129. The maximum Gasteiger partial charge on any atom is 0.409 e. The number of amides is 1. The van der Waals surface area contributed by atoms with E-state index >= 15 is 0 Å². The highest BCUT2D eigenvalue weighted by atomic mass is 127. The van der Waals surface area contributed by atoms with Crippen molar-refractivity contribution in [1.29, 1.82) is 0 Å². The third-order valence-corrected chi connectivity index (χ3v) is 6.70. The number of nitrogens with one attached hydrogen (secondary N) is 2. The van der Waals surface area contributed by atoms with E-state index in [1.54, 1.807) is 32.7 Å². The van der Waals surface area contributed by atoms with Crippen molar-refractivity contribution < 1.29 is 17.9 Å². The third kappa shape index (κ3) is 7.55. The molecule has 1 saturated heterocycles. The van der Waals surface area contributed by atoms with Crippen LogP contribution in [0.3, 0.4) is 0 Å². The van der Waals surface area contributed by atoms with Gasteiger partial charge in [0.25, 0.3) is 0 Å². The van der Waals surface area contributed by atoms with Gasteiger partial charge in [0.1, 0.15) is 0 Å². The van der Waals surface area contributed by atoms with Crippen molar-refractivity contribution in [1.82, 2.24) is 15.5 Å². The maximum absolute atomic E-state index is 12.1. The van der Waals surface area contributed by atoms with Crippen LogP contribution in [-0.4, -0.2) is 75.7 Å². The van der Waals surface area contributed by atoms with E-state index < -0.39 is 14.6 Å². The first-order valence-corrected chi connectivity index (χ1v) is 9.78. The van der Waals surface area contributed by atoms with Gasteiger partial charge < -0.3 is 20.3 Å². The van der Waals surface area contributed by atoms with Crippen LogP contribution in [0.1, 0.15) is 33.6 Å². The number of carbonyl (C=O) groups excluding carboxylic acids is 1. The molecule has 10 heteroatoms. The van der Waals surface area contributed by atoms with Gasteiger partial charge >= 0.3 is 6.09 Å². The number of nitrogens with zero attached hydrogens (tertiary/aromatic N) is 2. The van der Waals surface area contributed by atoms with Crippen LogP contribution < -0.4 is 10.6 Å². The number of halogens is 1. The summed E-state index contributed by atoms with van der Waals surface area (Å²) in [6, 6.07) is 0.191. The SMILES string of the molecule is CN=C(NCCS(=O)(=O)C(C)(C)C)NC1CCN(C(=O)OC)CC1.I. The number of aliphatic imine (C=N–C) groups is 1. The Morgan fingerprint density at radius 2 is 1.84 bits per heavy atom. The largest absolute Gasteiger partial charge is 0.453 e. The number of guanidine groups is 1. The highest BCUT2D eigenvalue weighted by molar-refractivity contribution is 14.0. The predicted octanol–water partition coefficient (Wildman–Crippen LogP) is 1.21. The summed E-state index contributed by atoms with van der Waals surface area (Å²) >= 11 is 0. The van der Waals surface area contributed by atoms with Crippen molar-refractivity contribution in [2.75, 3.05) is 39.5 Å². The fourth-order valence-electron chi connectivity index (χ4n) is 2.33. The Kier molecular flexibility index (Phi) is 10.1. The molecule has 0 spiro atoms. The first-order chi connectivity index (χ1) is 11.1. The van der Waals surface area contributed by atoms with Gasteiger partial charge in [0, 0.05) is 32.7 Å². The van der Waals surface area contributed by atoms with Crippen molar-refractivity contribution in [3.05, 3.63) is 0 Å². The van der Waals surface area contributed by atoms with E-state index in [-0.39, 0.29) is 41.9 Å². The second-order valence-electron chi connectivity index (χ2n) is 6.81. The van der Waals surface area contributed by atoms with Gasteiger partial charge in [-0.3, -0.25) is 4.99 Å². The molecular weight excluding hydrogens is 459 g/mol. The summed E-state index contributed by atoms with van der Waals surface area (Å²) in [5, 5.41) is 6.32. The highest BCUT2D eigenvalue weighted by Crippen LogP contribution is 2.15. The number of sulfone groups is 1. The Labute approximate surface area is 168 Å². The first kappa shape index (κ1) is 24.2. The zero-order chi connectivity index (χ0) is 18.4. The maximum atomic E-state index is 12.1. The normalized spacial score (nSPS) is 16.8. The number of methoxy groups -OCH3 is 1. The first-order valence-electron chi connectivity index (χ1n) is 8.13. The average Bonchev–Trinajstić information content (AvgIpc) is 2.52. The molecule has 0 aromatic carbocycles. The lowest BCUT2D eigenvalue weighted by molar-refractivity contribution is 0.111. The average molecular weight is 490 g/mol. The number of piperidine rings is 1. The van der Waals surface area contributed by atoms with Gasteiger partial charge in [-0.15, -0.1) is 24.0 Å².